The van der Waals surface area contributed by atoms with Crippen molar-refractivity contribution in [3.05, 3.63) is 58.0 Å². The third-order valence-corrected chi connectivity index (χ3v) is 4.47. The number of carbonyl (C=O) groups excluding carboxylic acids is 2. The lowest BCUT2D eigenvalue weighted by atomic mass is 10.0. The first kappa shape index (κ1) is 18.5. The minimum atomic E-state index is -1.43. The topological polar surface area (TPSA) is 132 Å². The van der Waals surface area contributed by atoms with Gasteiger partial charge in [0.25, 0.3) is 5.22 Å². The van der Waals surface area contributed by atoms with Crippen molar-refractivity contribution >= 4 is 29.8 Å². The molecule has 3 rings (SSSR count). The van der Waals surface area contributed by atoms with Crippen LogP contribution in [0.15, 0.2) is 49.3 Å². The van der Waals surface area contributed by atoms with Crippen LogP contribution in [0.4, 0.5) is 0 Å². The van der Waals surface area contributed by atoms with Crippen LogP contribution in [0.1, 0.15) is 27.6 Å². The summed E-state index contributed by atoms with van der Waals surface area (Å²) in [6.07, 6.45) is 1.26. The van der Waals surface area contributed by atoms with Crippen molar-refractivity contribution in [2.45, 2.75) is 19.1 Å². The van der Waals surface area contributed by atoms with Gasteiger partial charge in [-0.2, -0.15) is 0 Å². The summed E-state index contributed by atoms with van der Waals surface area (Å²) in [4.78, 5) is 22.3. The molecule has 0 atom stereocenters. The molecule has 1 aromatic carbocycles. The average Bonchev–Trinajstić information content (AvgIpc) is 3.23. The van der Waals surface area contributed by atoms with Crippen molar-refractivity contribution < 1.29 is 28.6 Å². The highest BCUT2D eigenvalue weighted by Gasteiger charge is 2.13. The van der Waals surface area contributed by atoms with Gasteiger partial charge in [-0.1, -0.05) is 18.2 Å². The van der Waals surface area contributed by atoms with Crippen LogP contribution in [0.3, 0.4) is 0 Å². The second kappa shape index (κ2) is 7.50. The maximum absolute atomic E-state index is 11.4. The summed E-state index contributed by atoms with van der Waals surface area (Å²) in [7, 11) is 0. The Morgan fingerprint density at radius 3 is 2.48 bits per heavy atom. The van der Waals surface area contributed by atoms with Crippen molar-refractivity contribution in [3.8, 4) is 11.3 Å². The molecular formula is C18H12N2O6S-2. The molecule has 138 valence electrons. The number of carbonyl (C=O) groups is 2. The molecule has 0 unspecified atom stereocenters. The minimum Gasteiger partial charge on any atom is -0.545 e. The molecule has 0 aliphatic rings. The minimum absolute atomic E-state index is 0.0544. The number of carboxylic acid groups (broad SMARTS) is 2. The monoisotopic (exact) mass is 384 g/mol. The van der Waals surface area contributed by atoms with Gasteiger partial charge in [-0.15, -0.1) is 10.2 Å². The summed E-state index contributed by atoms with van der Waals surface area (Å²) in [6, 6.07) is 7.88. The predicted octanol–water partition coefficient (Wildman–Crippen LogP) is 1.19. The summed E-state index contributed by atoms with van der Waals surface area (Å²) < 4.78 is 10.8. The van der Waals surface area contributed by atoms with Gasteiger partial charge in [0.2, 0.25) is 5.89 Å². The molecule has 9 heteroatoms. The normalized spacial score (nSPS) is 11.6. The van der Waals surface area contributed by atoms with Crippen LogP contribution in [0, 0.1) is 13.8 Å². The number of thioether (sulfide) groups is 1. The van der Waals surface area contributed by atoms with Gasteiger partial charge in [0.05, 0.1) is 11.9 Å². The Bertz CT molecular complexity index is 1050. The fraction of sp³-hybridized carbons (Fsp3) is 0.111. The Labute approximate surface area is 157 Å². The zero-order valence-electron chi connectivity index (χ0n) is 14.2. The number of carboxylic acids is 2. The standard InChI is InChI=1S/C18H14N2O6S/c1-9-12(4-3-5-13(9)16(21)22)14-7-6-11(26-14)8-15(17(23)24)27-18-20-19-10(2)25-18/h3-8H,1-2H3,(H,21,22)(H,23,24)/p-2/b15-8-. The quantitative estimate of drug-likeness (QED) is 0.454. The van der Waals surface area contributed by atoms with Gasteiger partial charge in [0.15, 0.2) is 0 Å². The Kier molecular flexibility index (Phi) is 5.13. The summed E-state index contributed by atoms with van der Waals surface area (Å²) in [6.45, 7) is 3.22. The number of aliphatic carboxylic acids is 1. The first-order valence-electron chi connectivity index (χ1n) is 7.67. The molecular weight excluding hydrogens is 372 g/mol. The molecule has 0 amide bonds. The fourth-order valence-corrected chi connectivity index (χ4v) is 3.06. The number of nitrogens with zero attached hydrogens (tertiary/aromatic N) is 2. The van der Waals surface area contributed by atoms with Crippen LogP contribution in [0.2, 0.25) is 0 Å². The van der Waals surface area contributed by atoms with Crippen molar-refractivity contribution in [2.24, 2.45) is 0 Å². The van der Waals surface area contributed by atoms with Gasteiger partial charge in [0.1, 0.15) is 11.5 Å². The number of benzene rings is 1. The summed E-state index contributed by atoms with van der Waals surface area (Å²) >= 11 is 0.740. The summed E-state index contributed by atoms with van der Waals surface area (Å²) in [5.41, 5.74) is 1.10. The number of rotatable bonds is 6. The van der Waals surface area contributed by atoms with Crippen molar-refractivity contribution in [1.29, 1.82) is 0 Å². The van der Waals surface area contributed by atoms with Gasteiger partial charge in [-0.25, -0.2) is 0 Å². The van der Waals surface area contributed by atoms with Gasteiger partial charge in [-0.05, 0) is 42.5 Å². The van der Waals surface area contributed by atoms with E-state index in [1.807, 2.05) is 0 Å². The number of aromatic carboxylic acids is 1. The molecule has 0 N–H and O–H groups in total. The highest BCUT2D eigenvalue weighted by atomic mass is 32.2. The first-order valence-corrected chi connectivity index (χ1v) is 8.49. The lowest BCUT2D eigenvalue weighted by Crippen LogP contribution is -2.23. The van der Waals surface area contributed by atoms with Gasteiger partial charge in [-0.3, -0.25) is 0 Å². The van der Waals surface area contributed by atoms with E-state index in [-0.39, 0.29) is 21.5 Å². The number of aryl methyl sites for hydroxylation is 1. The lowest BCUT2D eigenvalue weighted by molar-refractivity contribution is -0.298. The molecule has 0 saturated carbocycles. The maximum atomic E-state index is 11.4. The second-order valence-corrected chi connectivity index (χ2v) is 6.45. The molecule has 0 radical (unpaired) electrons. The molecule has 0 aliphatic carbocycles. The van der Waals surface area contributed by atoms with E-state index < -0.39 is 11.9 Å². The van der Waals surface area contributed by atoms with Crippen LogP contribution in [0.5, 0.6) is 0 Å². The Morgan fingerprint density at radius 2 is 1.85 bits per heavy atom. The van der Waals surface area contributed by atoms with Crippen molar-refractivity contribution in [1.82, 2.24) is 10.2 Å². The molecule has 2 aromatic heterocycles. The van der Waals surface area contributed by atoms with E-state index in [2.05, 4.69) is 10.2 Å². The second-order valence-electron chi connectivity index (χ2n) is 5.45. The molecule has 0 spiro atoms. The maximum Gasteiger partial charge on any atom is 0.281 e. The summed E-state index contributed by atoms with van der Waals surface area (Å²) in [5, 5.41) is 29.9. The van der Waals surface area contributed by atoms with Crippen LogP contribution in [-0.4, -0.2) is 22.1 Å². The number of furan rings is 1. The smallest absolute Gasteiger partial charge is 0.281 e. The Morgan fingerprint density at radius 1 is 1.07 bits per heavy atom. The van der Waals surface area contributed by atoms with E-state index in [9.17, 15) is 19.8 Å². The molecule has 0 fully saturated rings. The van der Waals surface area contributed by atoms with Crippen LogP contribution in [0.25, 0.3) is 17.4 Å². The van der Waals surface area contributed by atoms with Crippen LogP contribution < -0.4 is 10.2 Å². The highest BCUT2D eigenvalue weighted by Crippen LogP contribution is 2.31. The number of hydrogen-bond acceptors (Lipinski definition) is 9. The van der Waals surface area contributed by atoms with E-state index in [0.29, 0.717) is 22.8 Å². The van der Waals surface area contributed by atoms with Gasteiger partial charge < -0.3 is 28.6 Å². The summed E-state index contributed by atoms with van der Waals surface area (Å²) in [5.74, 6) is -1.78. The van der Waals surface area contributed by atoms with Crippen LogP contribution >= 0.6 is 11.8 Å². The molecule has 27 heavy (non-hydrogen) atoms. The fourth-order valence-electron chi connectivity index (χ4n) is 2.37. The Balaban J connectivity index is 1.92. The predicted molar refractivity (Wildman–Crippen MR) is 91.1 cm³/mol. The van der Waals surface area contributed by atoms with E-state index in [0.717, 1.165) is 11.8 Å². The molecule has 0 saturated heterocycles. The zero-order chi connectivity index (χ0) is 19.6. The highest BCUT2D eigenvalue weighted by molar-refractivity contribution is 8.03. The molecule has 3 aromatic rings. The number of hydrogen-bond donors (Lipinski definition) is 0. The SMILES string of the molecule is Cc1nnc(S/C(=C\c2ccc(-c3cccc(C(=O)[O-])c3C)o2)C(=O)[O-])o1. The van der Waals surface area contributed by atoms with E-state index >= 15 is 0 Å². The largest absolute Gasteiger partial charge is 0.545 e. The lowest BCUT2D eigenvalue weighted by Gasteiger charge is -2.10. The van der Waals surface area contributed by atoms with E-state index in [4.69, 9.17) is 8.83 Å². The molecule has 0 bridgehead atoms. The third kappa shape index (κ3) is 4.09. The third-order valence-electron chi connectivity index (χ3n) is 3.63. The van der Waals surface area contributed by atoms with E-state index in [1.54, 1.807) is 38.1 Å². The molecule has 8 nitrogen and oxygen atoms in total. The molecule has 0 aliphatic heterocycles. The van der Waals surface area contributed by atoms with Crippen molar-refractivity contribution in [2.75, 3.05) is 0 Å². The van der Waals surface area contributed by atoms with Gasteiger partial charge in [0, 0.05) is 23.0 Å². The van der Waals surface area contributed by atoms with E-state index in [1.165, 1.54) is 12.1 Å². The molecule has 2 heterocycles. The van der Waals surface area contributed by atoms with Crippen molar-refractivity contribution in [3.63, 3.8) is 0 Å². The average molecular weight is 384 g/mol. The number of aromatic nitrogens is 2. The first-order chi connectivity index (χ1) is 12.8. The Hall–Kier alpha value is -3.33. The van der Waals surface area contributed by atoms with Crippen LogP contribution in [-0.2, 0) is 4.79 Å². The van der Waals surface area contributed by atoms with Gasteiger partial charge >= 0.3 is 0 Å². The zero-order valence-corrected chi connectivity index (χ0v) is 15.0.